The molecule has 4 heteroatoms. The van der Waals surface area contributed by atoms with Crippen LogP contribution in [0.25, 0.3) is 0 Å². The summed E-state index contributed by atoms with van der Waals surface area (Å²) >= 11 is 2.27. The molecule has 2 aromatic rings. The largest absolute Gasteiger partial charge is 0.398 e. The second-order valence-electron chi connectivity index (χ2n) is 3.88. The standard InChI is InChI=1S/C14H12IN3/c15-11-1-3-12(4-2-11)18-13-5-6-14(17)10(9-13)7-8-16/h1-6,9,18H,7,17H2. The van der Waals surface area contributed by atoms with Gasteiger partial charge in [-0.15, -0.1) is 0 Å². The van der Waals surface area contributed by atoms with E-state index in [2.05, 4.69) is 34.0 Å². The van der Waals surface area contributed by atoms with Crippen LogP contribution < -0.4 is 11.1 Å². The Morgan fingerprint density at radius 2 is 1.78 bits per heavy atom. The minimum Gasteiger partial charge on any atom is -0.398 e. The van der Waals surface area contributed by atoms with Crippen LogP contribution in [0.5, 0.6) is 0 Å². The molecule has 0 aliphatic heterocycles. The summed E-state index contributed by atoms with van der Waals surface area (Å²) in [5.74, 6) is 0. The number of anilines is 3. The average molecular weight is 349 g/mol. The van der Waals surface area contributed by atoms with Gasteiger partial charge in [0.05, 0.1) is 12.5 Å². The van der Waals surface area contributed by atoms with E-state index >= 15 is 0 Å². The molecular formula is C14H12IN3. The SMILES string of the molecule is N#CCc1cc(Nc2ccc(I)cc2)ccc1N. The van der Waals surface area contributed by atoms with Gasteiger partial charge in [-0.3, -0.25) is 0 Å². The van der Waals surface area contributed by atoms with Gasteiger partial charge in [0, 0.05) is 20.6 Å². The second-order valence-corrected chi connectivity index (χ2v) is 5.13. The van der Waals surface area contributed by atoms with Crippen molar-refractivity contribution in [2.75, 3.05) is 11.1 Å². The van der Waals surface area contributed by atoms with Crippen molar-refractivity contribution >= 4 is 39.7 Å². The maximum Gasteiger partial charge on any atom is 0.0670 e. The first kappa shape index (κ1) is 12.7. The van der Waals surface area contributed by atoms with Gasteiger partial charge in [0.1, 0.15) is 0 Å². The molecule has 0 aliphatic carbocycles. The second kappa shape index (κ2) is 5.74. The zero-order valence-electron chi connectivity index (χ0n) is 9.65. The van der Waals surface area contributed by atoms with Crippen LogP contribution in [0.4, 0.5) is 17.1 Å². The van der Waals surface area contributed by atoms with Crippen LogP contribution in [0.2, 0.25) is 0 Å². The Morgan fingerprint density at radius 1 is 1.11 bits per heavy atom. The lowest BCUT2D eigenvalue weighted by Gasteiger charge is -2.09. The molecule has 0 saturated heterocycles. The molecule has 90 valence electrons. The molecule has 0 aliphatic rings. The molecule has 18 heavy (non-hydrogen) atoms. The number of nitrogens with one attached hydrogen (secondary N) is 1. The van der Waals surface area contributed by atoms with Crippen molar-refractivity contribution in [3.05, 3.63) is 51.6 Å². The van der Waals surface area contributed by atoms with Crippen LogP contribution in [0.3, 0.4) is 0 Å². The predicted molar refractivity (Wildman–Crippen MR) is 82.6 cm³/mol. The molecule has 3 nitrogen and oxygen atoms in total. The third-order valence-corrected chi connectivity index (χ3v) is 3.26. The Labute approximate surface area is 120 Å². The van der Waals surface area contributed by atoms with E-state index in [0.29, 0.717) is 12.1 Å². The number of benzene rings is 2. The first-order valence-corrected chi connectivity index (χ1v) is 6.55. The van der Waals surface area contributed by atoms with Gasteiger partial charge in [0.15, 0.2) is 0 Å². The third-order valence-electron chi connectivity index (χ3n) is 2.55. The summed E-state index contributed by atoms with van der Waals surface area (Å²) in [4.78, 5) is 0. The van der Waals surface area contributed by atoms with Gasteiger partial charge in [-0.05, 0) is 70.6 Å². The summed E-state index contributed by atoms with van der Waals surface area (Å²) in [5, 5.41) is 12.0. The maximum atomic E-state index is 8.73. The number of nitrogen functional groups attached to an aromatic ring is 1. The summed E-state index contributed by atoms with van der Waals surface area (Å²) in [6.45, 7) is 0. The fourth-order valence-electron chi connectivity index (χ4n) is 1.62. The van der Waals surface area contributed by atoms with Crippen LogP contribution in [-0.2, 0) is 6.42 Å². The first-order valence-electron chi connectivity index (χ1n) is 5.47. The van der Waals surface area contributed by atoms with Crippen molar-refractivity contribution in [1.29, 1.82) is 5.26 Å². The molecule has 0 saturated carbocycles. The Hall–Kier alpha value is -1.74. The summed E-state index contributed by atoms with van der Waals surface area (Å²) in [6.07, 6.45) is 0.327. The average Bonchev–Trinajstić information content (AvgIpc) is 2.37. The molecule has 0 aromatic heterocycles. The van der Waals surface area contributed by atoms with Gasteiger partial charge >= 0.3 is 0 Å². The number of nitrogens with two attached hydrogens (primary N) is 1. The number of halogens is 1. The fraction of sp³-hybridized carbons (Fsp3) is 0.0714. The molecule has 0 spiro atoms. The summed E-state index contributed by atoms with van der Waals surface area (Å²) in [7, 11) is 0. The van der Waals surface area contributed by atoms with E-state index in [1.54, 1.807) is 0 Å². The number of rotatable bonds is 3. The van der Waals surface area contributed by atoms with E-state index in [1.807, 2.05) is 42.5 Å². The van der Waals surface area contributed by atoms with Crippen molar-refractivity contribution in [2.24, 2.45) is 0 Å². The Balaban J connectivity index is 2.22. The lowest BCUT2D eigenvalue weighted by atomic mass is 10.1. The van der Waals surface area contributed by atoms with E-state index in [-0.39, 0.29) is 0 Å². The lowest BCUT2D eigenvalue weighted by Crippen LogP contribution is -1.96. The third kappa shape index (κ3) is 3.14. The molecule has 2 rings (SSSR count). The number of nitriles is 1. The zero-order chi connectivity index (χ0) is 13.0. The monoisotopic (exact) mass is 349 g/mol. The topological polar surface area (TPSA) is 61.8 Å². The lowest BCUT2D eigenvalue weighted by molar-refractivity contribution is 1.27. The van der Waals surface area contributed by atoms with Gasteiger partial charge in [0.2, 0.25) is 0 Å². The van der Waals surface area contributed by atoms with Crippen LogP contribution in [0.1, 0.15) is 5.56 Å². The highest BCUT2D eigenvalue weighted by atomic mass is 127. The summed E-state index contributed by atoms with van der Waals surface area (Å²) < 4.78 is 1.20. The van der Waals surface area contributed by atoms with Crippen molar-refractivity contribution in [3.8, 4) is 6.07 Å². The van der Waals surface area contributed by atoms with E-state index in [4.69, 9.17) is 11.0 Å². The van der Waals surface area contributed by atoms with Crippen LogP contribution >= 0.6 is 22.6 Å². The van der Waals surface area contributed by atoms with E-state index in [9.17, 15) is 0 Å². The van der Waals surface area contributed by atoms with Crippen molar-refractivity contribution in [3.63, 3.8) is 0 Å². The molecule has 0 heterocycles. The minimum atomic E-state index is 0.327. The Morgan fingerprint density at radius 3 is 2.44 bits per heavy atom. The minimum absolute atomic E-state index is 0.327. The number of hydrogen-bond acceptors (Lipinski definition) is 3. The number of hydrogen-bond donors (Lipinski definition) is 2. The van der Waals surface area contributed by atoms with Crippen LogP contribution in [0, 0.1) is 14.9 Å². The van der Waals surface area contributed by atoms with Gasteiger partial charge in [-0.2, -0.15) is 5.26 Å². The Kier molecular flexibility index (Phi) is 4.05. The first-order chi connectivity index (χ1) is 8.69. The smallest absolute Gasteiger partial charge is 0.0670 e. The van der Waals surface area contributed by atoms with Gasteiger partial charge in [0.25, 0.3) is 0 Å². The zero-order valence-corrected chi connectivity index (χ0v) is 11.8. The van der Waals surface area contributed by atoms with E-state index in [1.165, 1.54) is 3.57 Å². The quantitative estimate of drug-likeness (QED) is 0.656. The van der Waals surface area contributed by atoms with Crippen LogP contribution in [0.15, 0.2) is 42.5 Å². The van der Waals surface area contributed by atoms with Crippen molar-refractivity contribution in [2.45, 2.75) is 6.42 Å². The van der Waals surface area contributed by atoms with E-state index in [0.717, 1.165) is 16.9 Å². The van der Waals surface area contributed by atoms with E-state index < -0.39 is 0 Å². The summed E-state index contributed by atoms with van der Waals surface area (Å²) in [5.41, 5.74) is 9.28. The molecule has 0 radical (unpaired) electrons. The number of nitrogens with zero attached hydrogens (tertiary/aromatic N) is 1. The molecule has 2 aromatic carbocycles. The van der Waals surface area contributed by atoms with Gasteiger partial charge < -0.3 is 11.1 Å². The molecule has 0 amide bonds. The highest BCUT2D eigenvalue weighted by molar-refractivity contribution is 14.1. The fourth-order valence-corrected chi connectivity index (χ4v) is 1.98. The molecular weight excluding hydrogens is 337 g/mol. The molecule has 0 fully saturated rings. The van der Waals surface area contributed by atoms with Gasteiger partial charge in [-0.1, -0.05) is 0 Å². The van der Waals surface area contributed by atoms with Crippen molar-refractivity contribution < 1.29 is 0 Å². The molecule has 3 N–H and O–H groups in total. The van der Waals surface area contributed by atoms with Gasteiger partial charge in [-0.25, -0.2) is 0 Å². The highest BCUT2D eigenvalue weighted by Gasteiger charge is 2.01. The Bertz CT molecular complexity index is 585. The normalized spacial score (nSPS) is 9.78. The van der Waals surface area contributed by atoms with Crippen LogP contribution in [-0.4, -0.2) is 0 Å². The maximum absolute atomic E-state index is 8.73. The molecule has 0 atom stereocenters. The predicted octanol–water partition coefficient (Wildman–Crippen LogP) is 3.68. The molecule has 0 unspecified atom stereocenters. The highest BCUT2D eigenvalue weighted by Crippen LogP contribution is 2.22. The van der Waals surface area contributed by atoms with Crippen molar-refractivity contribution in [1.82, 2.24) is 0 Å². The summed E-state index contributed by atoms with van der Waals surface area (Å²) in [6, 6.07) is 15.9. The molecule has 0 bridgehead atoms.